The molecule has 12 rings (SSSR count). The van der Waals surface area contributed by atoms with Crippen molar-refractivity contribution in [2.45, 2.75) is 0 Å². The molecule has 0 unspecified atom stereocenters. The van der Waals surface area contributed by atoms with Gasteiger partial charge in [-0.2, -0.15) is 0 Å². The molecule has 0 atom stereocenters. The first-order valence-electron chi connectivity index (χ1n) is 20.6. The zero-order chi connectivity index (χ0) is 40.3. The zero-order valence-electron chi connectivity index (χ0n) is 33.0. The maximum atomic E-state index is 6.85. The summed E-state index contributed by atoms with van der Waals surface area (Å²) < 4.78 is 6.85. The van der Waals surface area contributed by atoms with Crippen LogP contribution >= 0.6 is 0 Å². The maximum absolute atomic E-state index is 6.85. The molecule has 0 spiro atoms. The first-order chi connectivity index (χ1) is 30.3. The van der Waals surface area contributed by atoms with Crippen LogP contribution < -0.4 is 0 Å². The van der Waals surface area contributed by atoms with E-state index in [1.54, 1.807) is 0 Å². The fraction of sp³-hybridized carbons (Fsp3) is 0. The van der Waals surface area contributed by atoms with E-state index in [4.69, 9.17) is 19.4 Å². The van der Waals surface area contributed by atoms with Gasteiger partial charge in [0, 0.05) is 32.8 Å². The molecular formula is C57H35N3O. The Morgan fingerprint density at radius 3 is 1.25 bits per heavy atom. The summed E-state index contributed by atoms with van der Waals surface area (Å²) in [5.74, 6) is 1.91. The van der Waals surface area contributed by atoms with Crippen LogP contribution in [0.4, 0.5) is 0 Å². The number of furan rings is 1. The predicted octanol–water partition coefficient (Wildman–Crippen LogP) is 15.2. The normalized spacial score (nSPS) is 11.6. The van der Waals surface area contributed by atoms with Gasteiger partial charge >= 0.3 is 0 Å². The Bertz CT molecular complexity index is 3500. The number of nitrogens with zero attached hydrogens (tertiary/aromatic N) is 3. The molecule has 0 fully saturated rings. The highest BCUT2D eigenvalue weighted by Crippen LogP contribution is 2.48. The molecule has 2 heterocycles. The second kappa shape index (κ2) is 14.3. The molecule has 284 valence electrons. The van der Waals surface area contributed by atoms with Crippen LogP contribution in [0.5, 0.6) is 0 Å². The van der Waals surface area contributed by atoms with Gasteiger partial charge in [-0.15, -0.1) is 0 Å². The minimum absolute atomic E-state index is 0.625. The molecule has 0 aliphatic rings. The van der Waals surface area contributed by atoms with Crippen LogP contribution in [0.2, 0.25) is 0 Å². The van der Waals surface area contributed by atoms with Gasteiger partial charge in [0.05, 0.1) is 0 Å². The molecule has 10 aromatic carbocycles. The quantitative estimate of drug-likeness (QED) is 0.158. The summed E-state index contributed by atoms with van der Waals surface area (Å²) in [6.07, 6.45) is 0. The Morgan fingerprint density at radius 2 is 0.705 bits per heavy atom. The van der Waals surface area contributed by atoms with Crippen molar-refractivity contribution in [1.82, 2.24) is 15.0 Å². The average molecular weight is 778 g/mol. The highest BCUT2D eigenvalue weighted by atomic mass is 16.3. The summed E-state index contributed by atoms with van der Waals surface area (Å²) in [5, 5.41) is 9.32. The van der Waals surface area contributed by atoms with E-state index >= 15 is 0 Å². The van der Waals surface area contributed by atoms with Gasteiger partial charge in [0.1, 0.15) is 11.2 Å². The smallest absolute Gasteiger partial charge is 0.164 e. The molecule has 4 heteroatoms. The van der Waals surface area contributed by atoms with E-state index in [2.05, 4.69) is 152 Å². The SMILES string of the molecule is c1ccc(-c2nc(-c3ccccc3)nc(-c3ccc(-c4cccc5oc6c7ccccc7c(-c7c8ccccc8c(-c8ccccc8)c8ccccc78)cc6c45)cc3)n2)cc1. The minimum atomic E-state index is 0.625. The first kappa shape index (κ1) is 34.8. The molecular weight excluding hydrogens is 743 g/mol. The lowest BCUT2D eigenvalue weighted by atomic mass is 9.84. The topological polar surface area (TPSA) is 51.8 Å². The Hall–Kier alpha value is -8.21. The molecule has 0 saturated heterocycles. The number of benzene rings is 10. The predicted molar refractivity (Wildman–Crippen MR) is 252 cm³/mol. The second-order valence-corrected chi connectivity index (χ2v) is 15.4. The van der Waals surface area contributed by atoms with E-state index < -0.39 is 0 Å². The van der Waals surface area contributed by atoms with Crippen molar-refractivity contribution in [1.29, 1.82) is 0 Å². The molecule has 0 bridgehead atoms. The fourth-order valence-electron chi connectivity index (χ4n) is 9.17. The van der Waals surface area contributed by atoms with Crippen molar-refractivity contribution in [3.8, 4) is 67.5 Å². The molecule has 0 N–H and O–H groups in total. The van der Waals surface area contributed by atoms with Gasteiger partial charge in [-0.25, -0.2) is 15.0 Å². The Kier molecular flexibility index (Phi) is 8.13. The summed E-state index contributed by atoms with van der Waals surface area (Å²) >= 11 is 0. The third kappa shape index (κ3) is 5.80. The highest BCUT2D eigenvalue weighted by molar-refractivity contribution is 6.28. The number of rotatable bonds is 6. The van der Waals surface area contributed by atoms with Crippen molar-refractivity contribution < 1.29 is 4.42 Å². The van der Waals surface area contributed by atoms with Crippen molar-refractivity contribution in [3.05, 3.63) is 212 Å². The van der Waals surface area contributed by atoms with E-state index in [1.165, 1.54) is 43.8 Å². The maximum Gasteiger partial charge on any atom is 0.164 e. The summed E-state index contributed by atoms with van der Waals surface area (Å²) in [4.78, 5) is 14.9. The summed E-state index contributed by atoms with van der Waals surface area (Å²) in [6, 6.07) is 74.7. The van der Waals surface area contributed by atoms with Crippen LogP contribution in [-0.2, 0) is 0 Å². The van der Waals surface area contributed by atoms with E-state index in [9.17, 15) is 0 Å². The van der Waals surface area contributed by atoms with Gasteiger partial charge in [0.2, 0.25) is 0 Å². The fourth-order valence-corrected chi connectivity index (χ4v) is 9.17. The molecule has 0 radical (unpaired) electrons. The largest absolute Gasteiger partial charge is 0.455 e. The van der Waals surface area contributed by atoms with Crippen LogP contribution in [0.1, 0.15) is 0 Å². The average Bonchev–Trinajstić information content (AvgIpc) is 3.73. The van der Waals surface area contributed by atoms with Crippen LogP contribution in [0, 0.1) is 0 Å². The van der Waals surface area contributed by atoms with Gasteiger partial charge in [-0.3, -0.25) is 0 Å². The lowest BCUT2D eigenvalue weighted by molar-refractivity contribution is 0.673. The Balaban J connectivity index is 1.06. The van der Waals surface area contributed by atoms with Crippen LogP contribution in [0.15, 0.2) is 217 Å². The van der Waals surface area contributed by atoms with Crippen LogP contribution in [0.3, 0.4) is 0 Å². The number of fused-ring (bicyclic) bond motifs is 7. The van der Waals surface area contributed by atoms with Gasteiger partial charge in [0.15, 0.2) is 17.5 Å². The first-order valence-corrected chi connectivity index (χ1v) is 20.6. The summed E-state index contributed by atoms with van der Waals surface area (Å²) in [6.45, 7) is 0. The third-order valence-corrected chi connectivity index (χ3v) is 11.9. The lowest BCUT2D eigenvalue weighted by Gasteiger charge is -2.19. The van der Waals surface area contributed by atoms with Crippen LogP contribution in [0.25, 0.3) is 122 Å². The molecule has 0 aliphatic heterocycles. The molecule has 0 saturated carbocycles. The number of hydrogen-bond donors (Lipinski definition) is 0. The van der Waals surface area contributed by atoms with Gasteiger partial charge in [-0.1, -0.05) is 200 Å². The standard InChI is InChI=1S/C57H35N3O/c1-4-17-37(18-5-1)51-43-24-11-13-26-45(43)52(46-27-14-12-25-44(46)51)48-35-49-53-41(29-16-30-50(53)61-54(49)47-28-15-10-23-42(47)48)36-31-33-40(34-32-36)57-59-55(38-19-6-2-7-20-38)58-56(60-57)39-21-8-3-9-22-39/h1-35H. The Labute approximate surface area is 352 Å². The van der Waals surface area contributed by atoms with Crippen molar-refractivity contribution >= 4 is 54.3 Å². The van der Waals surface area contributed by atoms with E-state index in [0.29, 0.717) is 17.5 Å². The second-order valence-electron chi connectivity index (χ2n) is 15.4. The third-order valence-electron chi connectivity index (χ3n) is 11.9. The Morgan fingerprint density at radius 1 is 0.279 bits per heavy atom. The van der Waals surface area contributed by atoms with Crippen molar-refractivity contribution in [2.75, 3.05) is 0 Å². The minimum Gasteiger partial charge on any atom is -0.455 e. The molecule has 12 aromatic rings. The number of aromatic nitrogens is 3. The highest BCUT2D eigenvalue weighted by Gasteiger charge is 2.22. The molecule has 0 amide bonds. The summed E-state index contributed by atoms with van der Waals surface area (Å²) in [5.41, 5.74) is 11.6. The lowest BCUT2D eigenvalue weighted by Crippen LogP contribution is -2.00. The van der Waals surface area contributed by atoms with Crippen molar-refractivity contribution in [3.63, 3.8) is 0 Å². The zero-order valence-corrected chi connectivity index (χ0v) is 33.0. The van der Waals surface area contributed by atoms with Gasteiger partial charge in [0.25, 0.3) is 0 Å². The molecule has 2 aromatic heterocycles. The van der Waals surface area contributed by atoms with Gasteiger partial charge < -0.3 is 4.42 Å². The van der Waals surface area contributed by atoms with E-state index in [1.807, 2.05) is 60.7 Å². The van der Waals surface area contributed by atoms with E-state index in [-0.39, 0.29) is 0 Å². The summed E-state index contributed by atoms with van der Waals surface area (Å²) in [7, 11) is 0. The van der Waals surface area contributed by atoms with Crippen molar-refractivity contribution in [2.24, 2.45) is 0 Å². The van der Waals surface area contributed by atoms with Crippen LogP contribution in [-0.4, -0.2) is 15.0 Å². The van der Waals surface area contributed by atoms with Gasteiger partial charge in [-0.05, 0) is 72.4 Å². The molecule has 0 aliphatic carbocycles. The molecule has 4 nitrogen and oxygen atoms in total. The monoisotopic (exact) mass is 777 g/mol. The van der Waals surface area contributed by atoms with E-state index in [0.717, 1.165) is 60.5 Å². The molecule has 61 heavy (non-hydrogen) atoms. The number of hydrogen-bond acceptors (Lipinski definition) is 4.